The van der Waals surface area contributed by atoms with Crippen LogP contribution in [-0.4, -0.2) is 27.1 Å². The van der Waals surface area contributed by atoms with Crippen molar-refractivity contribution in [2.75, 3.05) is 0 Å². The van der Waals surface area contributed by atoms with E-state index in [1.165, 1.54) is 30.3 Å². The zero-order valence-electron chi connectivity index (χ0n) is 16.5. The van der Waals surface area contributed by atoms with Gasteiger partial charge in [0.05, 0.1) is 13.4 Å². The minimum Gasteiger partial charge on any atom is -0.507 e. The molecular formula is C24H13Br3O6. The molecule has 4 rings (SSSR count). The first-order valence-electron chi connectivity index (χ1n) is 9.35. The largest absolute Gasteiger partial charge is 0.507 e. The summed E-state index contributed by atoms with van der Waals surface area (Å²) < 4.78 is 6.62. The number of Topliss-reactive ketones (excluding diaryl/α,β-unsaturated/α-hetero) is 1. The lowest BCUT2D eigenvalue weighted by Crippen LogP contribution is -2.11. The summed E-state index contributed by atoms with van der Waals surface area (Å²) in [6.07, 6.45) is 1.57. The molecular weight excluding hydrogens is 624 g/mol. The van der Waals surface area contributed by atoms with Crippen LogP contribution in [0.3, 0.4) is 0 Å². The summed E-state index contributed by atoms with van der Waals surface area (Å²) >= 11 is 9.69. The van der Waals surface area contributed by atoms with Gasteiger partial charge in [0, 0.05) is 11.1 Å². The number of phenolic OH excluding ortho intramolecular Hbond substituents is 3. The normalized spacial score (nSPS) is 14.6. The lowest BCUT2D eigenvalue weighted by molar-refractivity contribution is -0.132. The van der Waals surface area contributed by atoms with Gasteiger partial charge < -0.3 is 20.1 Å². The topological polar surface area (TPSA) is 104 Å². The average molecular weight is 637 g/mol. The van der Waals surface area contributed by atoms with E-state index in [0.717, 1.165) is 0 Å². The van der Waals surface area contributed by atoms with Crippen LogP contribution >= 0.6 is 47.8 Å². The quantitative estimate of drug-likeness (QED) is 0.176. The van der Waals surface area contributed by atoms with Gasteiger partial charge in [0.2, 0.25) is 5.78 Å². The van der Waals surface area contributed by atoms with Crippen LogP contribution in [0.5, 0.6) is 17.2 Å². The first-order chi connectivity index (χ1) is 15.7. The number of esters is 1. The van der Waals surface area contributed by atoms with Crippen molar-refractivity contribution >= 4 is 71.2 Å². The number of hydrogen-bond acceptors (Lipinski definition) is 6. The van der Waals surface area contributed by atoms with Gasteiger partial charge in [-0.15, -0.1) is 0 Å². The molecule has 3 aromatic carbocycles. The maximum Gasteiger partial charge on any atom is 0.348 e. The Bertz CT molecular complexity index is 1390. The van der Waals surface area contributed by atoms with E-state index in [0.29, 0.717) is 24.5 Å². The van der Waals surface area contributed by atoms with Gasteiger partial charge in [0.15, 0.2) is 0 Å². The van der Waals surface area contributed by atoms with Crippen LogP contribution in [-0.2, 0) is 9.53 Å². The highest BCUT2D eigenvalue weighted by atomic mass is 79.9. The summed E-state index contributed by atoms with van der Waals surface area (Å²) in [5.41, 5.74) is 1.32. The van der Waals surface area contributed by atoms with E-state index >= 15 is 0 Å². The van der Waals surface area contributed by atoms with Crippen LogP contribution in [0.2, 0.25) is 0 Å². The number of aromatic hydroxyl groups is 3. The Labute approximate surface area is 213 Å². The van der Waals surface area contributed by atoms with Crippen LogP contribution in [0.1, 0.15) is 21.5 Å². The standard InChI is InChI=1S/C24H13Br3O6/c25-14-7-11(1-4-17(14)28)8-20-21(12-2-5-18(29)15(26)9-12)22(24(32)33-20)23(31)13-3-6-19(30)16(27)10-13/h1-10,28-30H/b20-8-. The van der Waals surface area contributed by atoms with E-state index in [9.17, 15) is 24.9 Å². The van der Waals surface area contributed by atoms with Gasteiger partial charge in [-0.25, -0.2) is 4.79 Å². The third kappa shape index (κ3) is 4.62. The Hall–Kier alpha value is -2.88. The van der Waals surface area contributed by atoms with Crippen molar-refractivity contribution in [2.45, 2.75) is 0 Å². The molecule has 3 aromatic rings. The SMILES string of the molecule is O=C1O/C(=C\c2ccc(O)c(Br)c2)C(c2ccc(O)c(Br)c2)=C1C(=O)c1ccc(O)c(Br)c1. The van der Waals surface area contributed by atoms with Crippen molar-refractivity contribution in [3.63, 3.8) is 0 Å². The van der Waals surface area contributed by atoms with Gasteiger partial charge in [-0.05, 0) is 107 Å². The Morgan fingerprint density at radius 1 is 0.788 bits per heavy atom. The van der Waals surface area contributed by atoms with Crippen molar-refractivity contribution in [3.8, 4) is 17.2 Å². The molecule has 0 saturated carbocycles. The third-order valence-corrected chi connectivity index (χ3v) is 6.75. The van der Waals surface area contributed by atoms with Gasteiger partial charge in [0.1, 0.15) is 28.6 Å². The molecule has 33 heavy (non-hydrogen) atoms. The van der Waals surface area contributed by atoms with E-state index in [1.807, 2.05) is 0 Å². The predicted octanol–water partition coefficient (Wildman–Crippen LogP) is 6.33. The van der Waals surface area contributed by atoms with Crippen molar-refractivity contribution in [1.29, 1.82) is 0 Å². The third-order valence-electron chi connectivity index (χ3n) is 4.85. The number of carbonyl (C=O) groups excluding carboxylic acids is 2. The molecule has 0 fully saturated rings. The number of ketones is 1. The van der Waals surface area contributed by atoms with Gasteiger partial charge in [0.25, 0.3) is 0 Å². The summed E-state index contributed by atoms with van der Waals surface area (Å²) in [5.74, 6) is -1.28. The zero-order chi connectivity index (χ0) is 23.9. The monoisotopic (exact) mass is 634 g/mol. The summed E-state index contributed by atoms with van der Waals surface area (Å²) in [4.78, 5) is 26.2. The highest BCUT2D eigenvalue weighted by molar-refractivity contribution is 9.11. The summed E-state index contributed by atoms with van der Waals surface area (Å²) in [7, 11) is 0. The van der Waals surface area contributed by atoms with Crippen LogP contribution in [0.4, 0.5) is 0 Å². The van der Waals surface area contributed by atoms with Gasteiger partial charge >= 0.3 is 5.97 Å². The molecule has 1 aliphatic heterocycles. The lowest BCUT2D eigenvalue weighted by atomic mass is 9.93. The van der Waals surface area contributed by atoms with Crippen LogP contribution in [0.15, 0.2) is 79.3 Å². The molecule has 0 unspecified atom stereocenters. The molecule has 0 aliphatic carbocycles. The number of allylic oxidation sites excluding steroid dienone is 1. The molecule has 1 heterocycles. The van der Waals surface area contributed by atoms with Crippen LogP contribution in [0, 0.1) is 0 Å². The predicted molar refractivity (Wildman–Crippen MR) is 133 cm³/mol. The minimum atomic E-state index is -0.826. The Morgan fingerprint density at radius 2 is 1.36 bits per heavy atom. The van der Waals surface area contributed by atoms with Gasteiger partial charge in [-0.1, -0.05) is 12.1 Å². The Kier molecular flexibility index (Phi) is 6.47. The minimum absolute atomic E-state index is 0.00655. The van der Waals surface area contributed by atoms with E-state index in [-0.39, 0.29) is 39.7 Å². The number of ether oxygens (including phenoxy) is 1. The fourth-order valence-electron chi connectivity index (χ4n) is 3.24. The molecule has 1 aliphatic rings. The highest BCUT2D eigenvalue weighted by Crippen LogP contribution is 2.40. The Morgan fingerprint density at radius 3 is 1.97 bits per heavy atom. The molecule has 0 radical (unpaired) electrons. The van der Waals surface area contributed by atoms with E-state index in [1.54, 1.807) is 30.3 Å². The lowest BCUT2D eigenvalue weighted by Gasteiger charge is -2.08. The molecule has 9 heteroatoms. The van der Waals surface area contributed by atoms with E-state index in [4.69, 9.17) is 4.74 Å². The molecule has 166 valence electrons. The second-order valence-corrected chi connectivity index (χ2v) is 9.58. The molecule has 3 N–H and O–H groups in total. The van der Waals surface area contributed by atoms with Gasteiger partial charge in [-0.3, -0.25) is 4.79 Å². The molecule has 0 spiro atoms. The first kappa shape index (κ1) is 23.3. The molecule has 0 bridgehead atoms. The zero-order valence-corrected chi connectivity index (χ0v) is 21.2. The van der Waals surface area contributed by atoms with Crippen LogP contribution < -0.4 is 0 Å². The molecule has 0 amide bonds. The fourth-order valence-corrected chi connectivity index (χ4v) is 4.39. The molecule has 6 nitrogen and oxygen atoms in total. The number of rotatable bonds is 4. The smallest absolute Gasteiger partial charge is 0.348 e. The fraction of sp³-hybridized carbons (Fsp3) is 0. The second kappa shape index (κ2) is 9.17. The number of phenols is 3. The maximum atomic E-state index is 13.4. The van der Waals surface area contributed by atoms with Crippen molar-refractivity contribution < 1.29 is 29.6 Å². The molecule has 0 saturated heterocycles. The number of benzene rings is 3. The van der Waals surface area contributed by atoms with E-state index in [2.05, 4.69) is 47.8 Å². The van der Waals surface area contributed by atoms with E-state index < -0.39 is 11.8 Å². The highest BCUT2D eigenvalue weighted by Gasteiger charge is 2.36. The summed E-state index contributed by atoms with van der Waals surface area (Å²) in [6.45, 7) is 0. The average Bonchev–Trinajstić information content (AvgIpc) is 3.09. The Balaban J connectivity index is 1.93. The second-order valence-electron chi connectivity index (χ2n) is 7.02. The number of cyclic esters (lactones) is 1. The van der Waals surface area contributed by atoms with Crippen LogP contribution in [0.25, 0.3) is 11.6 Å². The maximum absolute atomic E-state index is 13.4. The number of carbonyl (C=O) groups is 2. The van der Waals surface area contributed by atoms with Crippen molar-refractivity contribution in [3.05, 3.63) is 96.0 Å². The number of halogens is 3. The molecule has 0 atom stereocenters. The molecule has 0 aromatic heterocycles. The first-order valence-corrected chi connectivity index (χ1v) is 11.7. The summed E-state index contributed by atoms with van der Waals surface area (Å²) in [6, 6.07) is 13.5. The van der Waals surface area contributed by atoms with Gasteiger partial charge in [-0.2, -0.15) is 0 Å². The summed E-state index contributed by atoms with van der Waals surface area (Å²) in [5, 5.41) is 29.4. The van der Waals surface area contributed by atoms with Crippen molar-refractivity contribution in [2.24, 2.45) is 0 Å². The van der Waals surface area contributed by atoms with Crippen molar-refractivity contribution in [1.82, 2.24) is 0 Å². The number of hydrogen-bond donors (Lipinski definition) is 3.